The third kappa shape index (κ3) is 4.73. The van der Waals surface area contributed by atoms with Crippen molar-refractivity contribution in [3.05, 3.63) is 24.3 Å². The van der Waals surface area contributed by atoms with Gasteiger partial charge in [0.2, 0.25) is 5.91 Å². The van der Waals surface area contributed by atoms with E-state index in [1.165, 1.54) is 7.05 Å². The third-order valence-corrected chi connectivity index (χ3v) is 2.22. The quantitative estimate of drug-likeness (QED) is 0.728. The fourth-order valence-corrected chi connectivity index (χ4v) is 1.23. The number of ether oxygens (including phenoxy) is 1. The van der Waals surface area contributed by atoms with E-state index in [0.717, 1.165) is 5.69 Å². The van der Waals surface area contributed by atoms with Crippen molar-refractivity contribution in [1.29, 1.82) is 0 Å². The lowest BCUT2D eigenvalue weighted by molar-refractivity contribution is -0.120. The van der Waals surface area contributed by atoms with Gasteiger partial charge in [-0.3, -0.25) is 10.1 Å². The summed E-state index contributed by atoms with van der Waals surface area (Å²) in [6.45, 7) is 0.224. The average Bonchev–Trinajstić information content (AvgIpc) is 2.39. The Labute approximate surface area is 106 Å². The molecule has 0 atom stereocenters. The van der Waals surface area contributed by atoms with Crippen molar-refractivity contribution in [1.82, 2.24) is 10.6 Å². The number of carbonyl (C=O) groups excluding carboxylic acids is 2. The molecule has 1 aromatic carbocycles. The number of hydrogen-bond donors (Lipinski definition) is 3. The lowest BCUT2D eigenvalue weighted by Gasteiger charge is -2.07. The molecule has 0 aliphatic carbocycles. The molecule has 3 amide bonds. The van der Waals surface area contributed by atoms with Crippen LogP contribution in [0.4, 0.5) is 10.5 Å². The minimum atomic E-state index is -0.515. The molecule has 0 radical (unpaired) electrons. The number of benzene rings is 1. The number of anilines is 1. The van der Waals surface area contributed by atoms with Crippen molar-refractivity contribution in [2.75, 3.05) is 26.0 Å². The van der Waals surface area contributed by atoms with Crippen LogP contribution in [0.2, 0.25) is 0 Å². The summed E-state index contributed by atoms with van der Waals surface area (Å²) in [6, 6.07) is 6.85. The van der Waals surface area contributed by atoms with Gasteiger partial charge in [-0.15, -0.1) is 0 Å². The minimum Gasteiger partial charge on any atom is -0.493 e. The number of imide groups is 1. The third-order valence-electron chi connectivity index (χ3n) is 2.22. The molecule has 6 nitrogen and oxygen atoms in total. The zero-order valence-electron chi connectivity index (χ0n) is 10.4. The second-order valence-corrected chi connectivity index (χ2v) is 3.50. The molecule has 0 heterocycles. The summed E-state index contributed by atoms with van der Waals surface area (Å²) >= 11 is 0. The standard InChI is InChI=1S/C12H17N3O3/c1-13-9-3-5-10(6-4-9)18-8-7-11(16)15-12(17)14-2/h3-6,13H,7-8H2,1-2H3,(H2,14,15,16,17). The summed E-state index contributed by atoms with van der Waals surface area (Å²) < 4.78 is 5.37. The van der Waals surface area contributed by atoms with Crippen molar-refractivity contribution < 1.29 is 14.3 Å². The normalized spacial score (nSPS) is 9.44. The van der Waals surface area contributed by atoms with E-state index in [-0.39, 0.29) is 18.9 Å². The van der Waals surface area contributed by atoms with E-state index in [4.69, 9.17) is 4.74 Å². The molecule has 0 fully saturated rings. The van der Waals surface area contributed by atoms with Crippen LogP contribution in [0.1, 0.15) is 6.42 Å². The van der Waals surface area contributed by atoms with E-state index in [1.54, 1.807) is 0 Å². The van der Waals surface area contributed by atoms with Crippen molar-refractivity contribution in [3.63, 3.8) is 0 Å². The first-order valence-electron chi connectivity index (χ1n) is 5.58. The van der Waals surface area contributed by atoms with E-state index < -0.39 is 6.03 Å². The first-order valence-corrected chi connectivity index (χ1v) is 5.58. The maximum atomic E-state index is 11.2. The Morgan fingerprint density at radius 3 is 2.39 bits per heavy atom. The molecule has 18 heavy (non-hydrogen) atoms. The number of amides is 3. The Morgan fingerprint density at radius 1 is 1.17 bits per heavy atom. The largest absolute Gasteiger partial charge is 0.493 e. The van der Waals surface area contributed by atoms with Crippen LogP contribution in [-0.2, 0) is 4.79 Å². The van der Waals surface area contributed by atoms with Gasteiger partial charge in [0, 0.05) is 19.8 Å². The first-order chi connectivity index (χ1) is 8.65. The van der Waals surface area contributed by atoms with Crippen LogP contribution in [0.3, 0.4) is 0 Å². The van der Waals surface area contributed by atoms with Gasteiger partial charge >= 0.3 is 6.03 Å². The molecule has 0 aliphatic rings. The second kappa shape index (κ2) is 7.16. The van der Waals surface area contributed by atoms with Crippen molar-refractivity contribution in [3.8, 4) is 5.75 Å². The van der Waals surface area contributed by atoms with E-state index in [9.17, 15) is 9.59 Å². The summed E-state index contributed by atoms with van der Waals surface area (Å²) in [5, 5.41) is 7.45. The lowest BCUT2D eigenvalue weighted by Crippen LogP contribution is -2.37. The van der Waals surface area contributed by atoms with Crippen molar-refractivity contribution in [2.24, 2.45) is 0 Å². The predicted molar refractivity (Wildman–Crippen MR) is 68.7 cm³/mol. The monoisotopic (exact) mass is 251 g/mol. The molecular weight excluding hydrogens is 234 g/mol. The molecular formula is C12H17N3O3. The molecule has 0 aromatic heterocycles. The van der Waals surface area contributed by atoms with Gasteiger partial charge < -0.3 is 15.4 Å². The van der Waals surface area contributed by atoms with Gasteiger partial charge in [-0.1, -0.05) is 0 Å². The van der Waals surface area contributed by atoms with Crippen LogP contribution < -0.4 is 20.7 Å². The number of urea groups is 1. The number of nitrogens with one attached hydrogen (secondary N) is 3. The van der Waals surface area contributed by atoms with Gasteiger partial charge in [0.25, 0.3) is 0 Å². The van der Waals surface area contributed by atoms with Gasteiger partial charge in [-0.2, -0.15) is 0 Å². The molecule has 0 saturated heterocycles. The van der Waals surface area contributed by atoms with Gasteiger partial charge in [0.05, 0.1) is 13.0 Å². The molecule has 0 spiro atoms. The summed E-state index contributed by atoms with van der Waals surface area (Å²) in [5.74, 6) is 0.308. The molecule has 3 N–H and O–H groups in total. The summed E-state index contributed by atoms with van der Waals surface area (Å²) in [7, 11) is 3.28. The Kier molecular flexibility index (Phi) is 5.50. The number of carbonyl (C=O) groups is 2. The molecule has 0 aliphatic heterocycles. The second-order valence-electron chi connectivity index (χ2n) is 3.50. The maximum absolute atomic E-state index is 11.2. The highest BCUT2D eigenvalue weighted by Gasteiger charge is 2.05. The fraction of sp³-hybridized carbons (Fsp3) is 0.333. The summed E-state index contributed by atoms with van der Waals surface area (Å²) in [5.41, 5.74) is 0.986. The molecule has 1 aromatic rings. The minimum absolute atomic E-state index is 0.126. The summed E-state index contributed by atoms with van der Waals surface area (Å²) in [6.07, 6.45) is 0.126. The van der Waals surface area contributed by atoms with Gasteiger partial charge in [-0.25, -0.2) is 4.79 Å². The average molecular weight is 251 g/mol. The van der Waals surface area contributed by atoms with E-state index >= 15 is 0 Å². The Hall–Kier alpha value is -2.24. The molecule has 0 bridgehead atoms. The fourth-order valence-electron chi connectivity index (χ4n) is 1.23. The van der Waals surface area contributed by atoms with Crippen LogP contribution in [0, 0.1) is 0 Å². The Morgan fingerprint density at radius 2 is 1.83 bits per heavy atom. The van der Waals surface area contributed by atoms with Crippen LogP contribution in [-0.4, -0.2) is 32.6 Å². The number of hydrogen-bond acceptors (Lipinski definition) is 4. The topological polar surface area (TPSA) is 79.5 Å². The van der Waals surface area contributed by atoms with E-state index in [1.807, 2.05) is 31.3 Å². The highest BCUT2D eigenvalue weighted by Crippen LogP contribution is 2.14. The molecule has 98 valence electrons. The van der Waals surface area contributed by atoms with Crippen molar-refractivity contribution >= 4 is 17.6 Å². The molecule has 0 unspecified atom stereocenters. The zero-order chi connectivity index (χ0) is 13.4. The Bertz CT molecular complexity index is 404. The molecule has 6 heteroatoms. The maximum Gasteiger partial charge on any atom is 0.321 e. The predicted octanol–water partition coefficient (Wildman–Crippen LogP) is 0.953. The highest BCUT2D eigenvalue weighted by atomic mass is 16.5. The zero-order valence-corrected chi connectivity index (χ0v) is 10.4. The summed E-state index contributed by atoms with van der Waals surface area (Å²) in [4.78, 5) is 22.1. The van der Waals surface area contributed by atoms with E-state index in [0.29, 0.717) is 5.75 Å². The smallest absolute Gasteiger partial charge is 0.321 e. The van der Waals surface area contributed by atoms with Crippen LogP contribution in [0.15, 0.2) is 24.3 Å². The Balaban J connectivity index is 2.28. The van der Waals surface area contributed by atoms with Crippen LogP contribution in [0.5, 0.6) is 5.75 Å². The van der Waals surface area contributed by atoms with Gasteiger partial charge in [-0.05, 0) is 24.3 Å². The number of rotatable bonds is 5. The lowest BCUT2D eigenvalue weighted by atomic mass is 10.3. The highest BCUT2D eigenvalue weighted by molar-refractivity contribution is 5.94. The van der Waals surface area contributed by atoms with E-state index in [2.05, 4.69) is 16.0 Å². The van der Waals surface area contributed by atoms with Crippen LogP contribution in [0.25, 0.3) is 0 Å². The van der Waals surface area contributed by atoms with Gasteiger partial charge in [0.1, 0.15) is 5.75 Å². The molecule has 1 rings (SSSR count). The molecule has 0 saturated carbocycles. The van der Waals surface area contributed by atoms with Crippen molar-refractivity contribution in [2.45, 2.75) is 6.42 Å². The SMILES string of the molecule is CNC(=O)NC(=O)CCOc1ccc(NC)cc1. The van der Waals surface area contributed by atoms with Gasteiger partial charge in [0.15, 0.2) is 0 Å². The first kappa shape index (κ1) is 13.8. The van der Waals surface area contributed by atoms with Crippen LogP contribution >= 0.6 is 0 Å².